The SMILES string of the molecule is CC1CCCC1.CN1C(=O)C2(CC2)c2cnc(N)nc21. The van der Waals surface area contributed by atoms with E-state index < -0.39 is 0 Å². The predicted octanol–water partition coefficient (Wildman–Crippen LogP) is 2.26. The van der Waals surface area contributed by atoms with Gasteiger partial charge in [-0.05, 0) is 18.8 Å². The van der Waals surface area contributed by atoms with Crippen LogP contribution in [0.1, 0.15) is 51.0 Å². The number of hydrogen-bond donors (Lipinski definition) is 1. The van der Waals surface area contributed by atoms with Crippen molar-refractivity contribution in [3.05, 3.63) is 11.8 Å². The number of nitrogens with zero attached hydrogens (tertiary/aromatic N) is 3. The van der Waals surface area contributed by atoms with E-state index >= 15 is 0 Å². The van der Waals surface area contributed by atoms with Gasteiger partial charge in [0.2, 0.25) is 11.9 Å². The summed E-state index contributed by atoms with van der Waals surface area (Å²) in [6, 6.07) is 0. The summed E-state index contributed by atoms with van der Waals surface area (Å²) >= 11 is 0. The van der Waals surface area contributed by atoms with Crippen molar-refractivity contribution < 1.29 is 4.79 Å². The number of nitrogen functional groups attached to an aromatic ring is 1. The van der Waals surface area contributed by atoms with Crippen LogP contribution in [0.3, 0.4) is 0 Å². The van der Waals surface area contributed by atoms with E-state index in [1.807, 2.05) is 0 Å². The van der Waals surface area contributed by atoms with E-state index in [0.29, 0.717) is 5.82 Å². The van der Waals surface area contributed by atoms with Gasteiger partial charge in [-0.1, -0.05) is 32.6 Å². The first-order chi connectivity index (χ1) is 9.54. The molecule has 0 saturated heterocycles. The van der Waals surface area contributed by atoms with E-state index in [0.717, 1.165) is 24.3 Å². The van der Waals surface area contributed by atoms with E-state index in [-0.39, 0.29) is 17.3 Å². The molecule has 2 saturated carbocycles. The van der Waals surface area contributed by atoms with E-state index in [4.69, 9.17) is 5.73 Å². The van der Waals surface area contributed by atoms with Crippen molar-refractivity contribution >= 4 is 17.7 Å². The van der Waals surface area contributed by atoms with Crippen LogP contribution in [0.5, 0.6) is 0 Å². The number of fused-ring (bicyclic) bond motifs is 2. The van der Waals surface area contributed by atoms with Crippen molar-refractivity contribution in [2.75, 3.05) is 17.7 Å². The van der Waals surface area contributed by atoms with Gasteiger partial charge in [0.1, 0.15) is 5.82 Å². The molecule has 1 aliphatic heterocycles. The fourth-order valence-electron chi connectivity index (χ4n) is 3.25. The van der Waals surface area contributed by atoms with Gasteiger partial charge in [0.15, 0.2) is 0 Å². The Bertz CT molecular complexity index is 533. The van der Waals surface area contributed by atoms with Crippen molar-refractivity contribution in [3.8, 4) is 0 Å². The van der Waals surface area contributed by atoms with E-state index in [1.165, 1.54) is 25.7 Å². The van der Waals surface area contributed by atoms with Crippen molar-refractivity contribution in [1.29, 1.82) is 0 Å². The largest absolute Gasteiger partial charge is 0.368 e. The highest BCUT2D eigenvalue weighted by Gasteiger charge is 2.59. The third-order valence-corrected chi connectivity index (χ3v) is 4.73. The summed E-state index contributed by atoms with van der Waals surface area (Å²) < 4.78 is 0. The number of carbonyl (C=O) groups excluding carboxylic acids is 1. The fourth-order valence-corrected chi connectivity index (χ4v) is 3.25. The third-order valence-electron chi connectivity index (χ3n) is 4.73. The zero-order valence-electron chi connectivity index (χ0n) is 12.2. The maximum atomic E-state index is 11.9. The van der Waals surface area contributed by atoms with Crippen LogP contribution >= 0.6 is 0 Å². The molecule has 0 aromatic carbocycles. The van der Waals surface area contributed by atoms with Crippen molar-refractivity contribution in [3.63, 3.8) is 0 Å². The Hall–Kier alpha value is -1.65. The van der Waals surface area contributed by atoms with Gasteiger partial charge in [0.05, 0.1) is 5.41 Å². The number of anilines is 2. The molecule has 1 aromatic heterocycles. The van der Waals surface area contributed by atoms with Gasteiger partial charge in [-0.3, -0.25) is 9.69 Å². The van der Waals surface area contributed by atoms with Crippen molar-refractivity contribution in [1.82, 2.24) is 9.97 Å². The molecule has 1 spiro atoms. The molecule has 0 bridgehead atoms. The lowest BCUT2D eigenvalue weighted by atomic mass is 10.0. The van der Waals surface area contributed by atoms with Crippen LogP contribution in [0.15, 0.2) is 6.20 Å². The number of carbonyl (C=O) groups is 1. The molecule has 4 rings (SSSR count). The maximum absolute atomic E-state index is 11.9. The summed E-state index contributed by atoms with van der Waals surface area (Å²) in [6.45, 7) is 2.34. The van der Waals surface area contributed by atoms with Crippen LogP contribution in [0, 0.1) is 5.92 Å². The number of aromatic nitrogens is 2. The Morgan fingerprint density at radius 3 is 2.50 bits per heavy atom. The van der Waals surface area contributed by atoms with Crippen LogP contribution < -0.4 is 10.6 Å². The number of likely N-dealkylation sites (N-methyl/N-ethyl adjacent to an activating group) is 1. The third kappa shape index (κ3) is 2.05. The average Bonchev–Trinajstić information content (AvgIpc) is 3.06. The molecule has 2 heterocycles. The minimum atomic E-state index is -0.294. The Labute approximate surface area is 119 Å². The molecule has 2 fully saturated rings. The molecular weight excluding hydrogens is 252 g/mol. The standard InChI is InChI=1S/C9H10N4O.C6H12/c1-13-6-5(4-11-8(10)12-6)9(2-3-9)7(13)14;1-6-4-2-3-5-6/h4H,2-3H2,1H3,(H2,10,11,12);6H,2-5H2,1H3. The summed E-state index contributed by atoms with van der Waals surface area (Å²) in [6.07, 6.45) is 9.46. The Morgan fingerprint density at radius 2 is 2.00 bits per heavy atom. The Balaban J connectivity index is 0.000000170. The molecule has 108 valence electrons. The number of rotatable bonds is 0. The quantitative estimate of drug-likeness (QED) is 0.787. The molecule has 0 atom stereocenters. The topological polar surface area (TPSA) is 72.1 Å². The molecular formula is C15H22N4O. The minimum absolute atomic E-state index is 0.132. The summed E-state index contributed by atoms with van der Waals surface area (Å²) in [5.74, 6) is 2.08. The summed E-state index contributed by atoms with van der Waals surface area (Å²) in [5, 5.41) is 0. The molecule has 2 aliphatic carbocycles. The highest BCUT2D eigenvalue weighted by Crippen LogP contribution is 2.56. The molecule has 5 heteroatoms. The average molecular weight is 274 g/mol. The molecule has 1 aromatic rings. The lowest BCUT2D eigenvalue weighted by molar-refractivity contribution is -0.119. The normalized spacial score (nSPS) is 22.7. The smallest absolute Gasteiger partial charge is 0.238 e. The summed E-state index contributed by atoms with van der Waals surface area (Å²) in [5.41, 5.74) is 6.14. The predicted molar refractivity (Wildman–Crippen MR) is 78.4 cm³/mol. The van der Waals surface area contributed by atoms with Crippen LogP contribution in [-0.2, 0) is 10.2 Å². The molecule has 0 unspecified atom stereocenters. The number of amides is 1. The van der Waals surface area contributed by atoms with Gasteiger partial charge in [0, 0.05) is 18.8 Å². The van der Waals surface area contributed by atoms with Crippen molar-refractivity contribution in [2.45, 2.75) is 50.9 Å². The van der Waals surface area contributed by atoms with E-state index in [1.54, 1.807) is 18.1 Å². The maximum Gasteiger partial charge on any atom is 0.238 e. The zero-order chi connectivity index (χ0) is 14.3. The van der Waals surface area contributed by atoms with Crippen molar-refractivity contribution in [2.24, 2.45) is 5.92 Å². The van der Waals surface area contributed by atoms with Crippen LogP contribution in [-0.4, -0.2) is 22.9 Å². The molecule has 2 N–H and O–H groups in total. The number of nitrogens with two attached hydrogens (primary N) is 1. The van der Waals surface area contributed by atoms with E-state index in [2.05, 4.69) is 16.9 Å². The minimum Gasteiger partial charge on any atom is -0.368 e. The monoisotopic (exact) mass is 274 g/mol. The fraction of sp³-hybridized carbons (Fsp3) is 0.667. The highest BCUT2D eigenvalue weighted by molar-refractivity contribution is 6.08. The summed E-state index contributed by atoms with van der Waals surface area (Å²) in [4.78, 5) is 21.5. The second-order valence-corrected chi connectivity index (χ2v) is 6.30. The summed E-state index contributed by atoms with van der Waals surface area (Å²) in [7, 11) is 1.74. The first-order valence-corrected chi connectivity index (χ1v) is 7.46. The second-order valence-electron chi connectivity index (χ2n) is 6.30. The second kappa shape index (κ2) is 4.72. The molecule has 3 aliphatic rings. The van der Waals surface area contributed by atoms with Gasteiger partial charge >= 0.3 is 0 Å². The van der Waals surface area contributed by atoms with Gasteiger partial charge in [-0.15, -0.1) is 0 Å². The van der Waals surface area contributed by atoms with Gasteiger partial charge in [0.25, 0.3) is 0 Å². The Kier molecular flexibility index (Phi) is 3.15. The molecule has 5 nitrogen and oxygen atoms in total. The zero-order valence-corrected chi connectivity index (χ0v) is 12.2. The molecule has 1 amide bonds. The number of hydrogen-bond acceptors (Lipinski definition) is 4. The van der Waals surface area contributed by atoms with E-state index in [9.17, 15) is 4.79 Å². The first-order valence-electron chi connectivity index (χ1n) is 7.46. The Morgan fingerprint density at radius 1 is 1.35 bits per heavy atom. The lowest BCUT2D eigenvalue weighted by Crippen LogP contribution is -2.28. The first kappa shape index (κ1) is 13.3. The lowest BCUT2D eigenvalue weighted by Gasteiger charge is -2.08. The molecule has 20 heavy (non-hydrogen) atoms. The van der Waals surface area contributed by atoms with Gasteiger partial charge in [-0.2, -0.15) is 4.98 Å². The van der Waals surface area contributed by atoms with Gasteiger partial charge in [-0.25, -0.2) is 4.98 Å². The van der Waals surface area contributed by atoms with Crippen LogP contribution in [0.25, 0.3) is 0 Å². The van der Waals surface area contributed by atoms with Gasteiger partial charge < -0.3 is 5.73 Å². The van der Waals surface area contributed by atoms with Crippen LogP contribution in [0.4, 0.5) is 11.8 Å². The van der Waals surface area contributed by atoms with Crippen LogP contribution in [0.2, 0.25) is 0 Å². The highest BCUT2D eigenvalue weighted by atomic mass is 16.2. The molecule has 0 radical (unpaired) electrons.